The third-order valence-corrected chi connectivity index (χ3v) is 4.30. The first-order chi connectivity index (χ1) is 8.34. The quantitative estimate of drug-likeness (QED) is 0.819. The fraction of sp³-hybridized carbons (Fsp3) is 0.600. The van der Waals surface area contributed by atoms with Gasteiger partial charge in [0.05, 0.1) is 6.10 Å². The second-order valence-corrected chi connectivity index (χ2v) is 5.49. The van der Waals surface area contributed by atoms with E-state index in [0.29, 0.717) is 12.0 Å². The summed E-state index contributed by atoms with van der Waals surface area (Å²) in [6.07, 6.45) is 5.86. The number of aliphatic hydroxyl groups is 1. The van der Waals surface area contributed by atoms with Crippen LogP contribution in [0.5, 0.6) is 0 Å². The zero-order valence-corrected chi connectivity index (χ0v) is 10.2. The molecule has 92 valence electrons. The molecule has 3 rings (SSSR count). The topological polar surface area (TPSA) is 32.3 Å². The lowest BCUT2D eigenvalue weighted by molar-refractivity contribution is 0.108. The summed E-state index contributed by atoms with van der Waals surface area (Å²) in [6.45, 7) is 1.15. The Hall–Kier alpha value is -0.860. The average Bonchev–Trinajstić information content (AvgIpc) is 2.68. The molecule has 1 unspecified atom stereocenters. The average molecular weight is 231 g/mol. The molecule has 0 bridgehead atoms. The van der Waals surface area contributed by atoms with Crippen molar-refractivity contribution in [3.05, 3.63) is 35.4 Å². The lowest BCUT2D eigenvalue weighted by atomic mass is 9.91. The molecule has 1 fully saturated rings. The smallest absolute Gasteiger partial charge is 0.0824 e. The standard InChI is InChI=1S/C15H21NO/c17-15-12(10-13-6-3-4-8-16-13)9-11-5-1-2-7-14(11)15/h1-2,5,7,12-13,15-17H,3-4,6,8-10H2/t12-,13?,15+/m0/s1. The van der Waals surface area contributed by atoms with Gasteiger partial charge in [0.2, 0.25) is 0 Å². The second-order valence-electron chi connectivity index (χ2n) is 5.49. The Morgan fingerprint density at radius 1 is 1.24 bits per heavy atom. The monoisotopic (exact) mass is 231 g/mol. The molecule has 17 heavy (non-hydrogen) atoms. The number of rotatable bonds is 2. The van der Waals surface area contributed by atoms with Crippen LogP contribution in [0.2, 0.25) is 0 Å². The van der Waals surface area contributed by atoms with Gasteiger partial charge in [-0.1, -0.05) is 30.7 Å². The molecule has 0 amide bonds. The molecule has 0 aromatic heterocycles. The summed E-state index contributed by atoms with van der Waals surface area (Å²) in [5.74, 6) is 0.419. The third kappa shape index (κ3) is 2.24. The molecule has 1 heterocycles. The maximum atomic E-state index is 10.3. The van der Waals surface area contributed by atoms with Gasteiger partial charge < -0.3 is 10.4 Å². The van der Waals surface area contributed by atoms with Gasteiger partial charge in [0, 0.05) is 6.04 Å². The molecule has 1 aliphatic heterocycles. The third-order valence-electron chi connectivity index (χ3n) is 4.30. The van der Waals surface area contributed by atoms with Gasteiger partial charge in [-0.3, -0.25) is 0 Å². The summed E-state index contributed by atoms with van der Waals surface area (Å²) >= 11 is 0. The molecule has 2 N–H and O–H groups in total. The fourth-order valence-electron chi connectivity index (χ4n) is 3.36. The molecule has 1 aliphatic carbocycles. The Morgan fingerprint density at radius 3 is 2.88 bits per heavy atom. The van der Waals surface area contributed by atoms with Gasteiger partial charge in [0.25, 0.3) is 0 Å². The molecule has 1 aromatic carbocycles. The second kappa shape index (κ2) is 4.79. The van der Waals surface area contributed by atoms with E-state index in [9.17, 15) is 5.11 Å². The van der Waals surface area contributed by atoms with Crippen LogP contribution >= 0.6 is 0 Å². The highest BCUT2D eigenvalue weighted by Crippen LogP contribution is 2.38. The largest absolute Gasteiger partial charge is 0.388 e. The number of nitrogens with one attached hydrogen (secondary N) is 1. The van der Waals surface area contributed by atoms with Crippen LogP contribution in [-0.4, -0.2) is 17.7 Å². The van der Waals surface area contributed by atoms with Crippen LogP contribution in [0.1, 0.15) is 42.9 Å². The SMILES string of the molecule is O[C@H]1c2ccccc2C[C@H]1CC1CCCCN1. The minimum Gasteiger partial charge on any atom is -0.388 e. The molecule has 2 heteroatoms. The Labute approximate surface area is 103 Å². The van der Waals surface area contributed by atoms with E-state index in [0.717, 1.165) is 24.9 Å². The van der Waals surface area contributed by atoms with E-state index >= 15 is 0 Å². The molecule has 0 radical (unpaired) electrons. The summed E-state index contributed by atoms with van der Waals surface area (Å²) in [6, 6.07) is 8.97. The van der Waals surface area contributed by atoms with E-state index < -0.39 is 0 Å². The first kappa shape index (κ1) is 11.2. The summed E-state index contributed by atoms with van der Waals surface area (Å²) in [7, 11) is 0. The lowest BCUT2D eigenvalue weighted by Crippen LogP contribution is -2.36. The van der Waals surface area contributed by atoms with Gasteiger partial charge >= 0.3 is 0 Å². The van der Waals surface area contributed by atoms with E-state index in [-0.39, 0.29) is 6.10 Å². The van der Waals surface area contributed by atoms with Crippen molar-refractivity contribution in [3.63, 3.8) is 0 Å². The molecule has 0 spiro atoms. The maximum absolute atomic E-state index is 10.3. The van der Waals surface area contributed by atoms with E-state index in [4.69, 9.17) is 0 Å². The van der Waals surface area contributed by atoms with Crippen LogP contribution in [0.3, 0.4) is 0 Å². The Balaban J connectivity index is 1.67. The fourth-order valence-corrected chi connectivity index (χ4v) is 3.36. The van der Waals surface area contributed by atoms with Crippen molar-refractivity contribution in [3.8, 4) is 0 Å². The van der Waals surface area contributed by atoms with Crippen LogP contribution in [0, 0.1) is 5.92 Å². The Kier molecular flexibility index (Phi) is 3.17. The highest BCUT2D eigenvalue weighted by molar-refractivity contribution is 5.34. The highest BCUT2D eigenvalue weighted by atomic mass is 16.3. The van der Waals surface area contributed by atoms with Gasteiger partial charge in [0.1, 0.15) is 0 Å². The molecular weight excluding hydrogens is 210 g/mol. The van der Waals surface area contributed by atoms with Crippen molar-refractivity contribution in [1.29, 1.82) is 0 Å². The first-order valence-electron chi connectivity index (χ1n) is 6.84. The molecular formula is C15H21NO. The van der Waals surface area contributed by atoms with Gasteiger partial charge in [-0.2, -0.15) is 0 Å². The maximum Gasteiger partial charge on any atom is 0.0824 e. The zero-order chi connectivity index (χ0) is 11.7. The molecule has 1 saturated heterocycles. The number of fused-ring (bicyclic) bond motifs is 1. The van der Waals surface area contributed by atoms with Gasteiger partial charge in [-0.25, -0.2) is 0 Å². The minimum absolute atomic E-state index is 0.241. The van der Waals surface area contributed by atoms with Gasteiger partial charge in [-0.15, -0.1) is 0 Å². The molecule has 0 saturated carbocycles. The summed E-state index contributed by atoms with van der Waals surface area (Å²) < 4.78 is 0. The number of benzene rings is 1. The van der Waals surface area contributed by atoms with Crippen molar-refractivity contribution in [2.75, 3.05) is 6.54 Å². The van der Waals surface area contributed by atoms with Crippen molar-refractivity contribution in [2.24, 2.45) is 5.92 Å². The highest BCUT2D eigenvalue weighted by Gasteiger charge is 2.32. The van der Waals surface area contributed by atoms with Crippen molar-refractivity contribution in [1.82, 2.24) is 5.32 Å². The number of hydrogen-bond acceptors (Lipinski definition) is 2. The number of aliphatic hydroxyl groups excluding tert-OH is 1. The van der Waals surface area contributed by atoms with E-state index in [1.54, 1.807) is 0 Å². The molecule has 3 atom stereocenters. The summed E-state index contributed by atoms with van der Waals surface area (Å²) in [4.78, 5) is 0. The van der Waals surface area contributed by atoms with Gasteiger partial charge in [0.15, 0.2) is 0 Å². The van der Waals surface area contributed by atoms with E-state index in [2.05, 4.69) is 23.5 Å². The van der Waals surface area contributed by atoms with Crippen LogP contribution in [-0.2, 0) is 6.42 Å². The Bertz CT molecular complexity index is 384. The van der Waals surface area contributed by atoms with Gasteiger partial charge in [-0.05, 0) is 49.3 Å². The predicted molar refractivity (Wildman–Crippen MR) is 68.9 cm³/mol. The minimum atomic E-state index is -0.241. The van der Waals surface area contributed by atoms with Crippen molar-refractivity contribution >= 4 is 0 Å². The predicted octanol–water partition coefficient (Wildman–Crippen LogP) is 2.42. The number of hydrogen-bond donors (Lipinski definition) is 2. The van der Waals surface area contributed by atoms with Crippen LogP contribution < -0.4 is 5.32 Å². The van der Waals surface area contributed by atoms with Crippen LogP contribution in [0.4, 0.5) is 0 Å². The summed E-state index contributed by atoms with van der Waals surface area (Å²) in [5.41, 5.74) is 2.51. The zero-order valence-electron chi connectivity index (χ0n) is 10.2. The molecule has 2 nitrogen and oxygen atoms in total. The summed E-state index contributed by atoms with van der Waals surface area (Å²) in [5, 5.41) is 13.9. The van der Waals surface area contributed by atoms with Crippen LogP contribution in [0.15, 0.2) is 24.3 Å². The van der Waals surface area contributed by atoms with Crippen molar-refractivity contribution in [2.45, 2.75) is 44.2 Å². The molecule has 2 aliphatic rings. The number of piperidine rings is 1. The lowest BCUT2D eigenvalue weighted by Gasteiger charge is -2.27. The van der Waals surface area contributed by atoms with E-state index in [1.165, 1.54) is 24.8 Å². The first-order valence-corrected chi connectivity index (χ1v) is 6.84. The Morgan fingerprint density at radius 2 is 2.12 bits per heavy atom. The molecule has 1 aromatic rings. The van der Waals surface area contributed by atoms with Crippen LogP contribution in [0.25, 0.3) is 0 Å². The van der Waals surface area contributed by atoms with Crippen molar-refractivity contribution < 1.29 is 5.11 Å². The van der Waals surface area contributed by atoms with E-state index in [1.807, 2.05) is 6.07 Å². The normalized spacial score (nSPS) is 32.4.